The third-order valence-corrected chi connectivity index (χ3v) is 7.77. The maximum atomic E-state index is 13.2. The molecule has 0 aliphatic carbocycles. The van der Waals surface area contributed by atoms with Gasteiger partial charge in [-0.05, 0) is 61.8 Å². The molecule has 1 aromatic heterocycles. The van der Waals surface area contributed by atoms with Crippen molar-refractivity contribution in [3.8, 4) is 5.75 Å². The predicted molar refractivity (Wildman–Crippen MR) is 152 cm³/mol. The molecule has 39 heavy (non-hydrogen) atoms. The highest BCUT2D eigenvalue weighted by Gasteiger charge is 2.28. The monoisotopic (exact) mass is 551 g/mol. The molecule has 206 valence electrons. The first-order chi connectivity index (χ1) is 19.0. The van der Waals surface area contributed by atoms with Gasteiger partial charge in [0.25, 0.3) is 5.91 Å². The molecule has 0 atom stereocenters. The smallest absolute Gasteiger partial charge is 0.253 e. The first-order valence-corrected chi connectivity index (χ1v) is 14.0. The normalized spacial score (nSPS) is 17.2. The van der Waals surface area contributed by atoms with Gasteiger partial charge in [-0.3, -0.25) is 14.6 Å². The zero-order valence-electron chi connectivity index (χ0n) is 22.1. The lowest BCUT2D eigenvalue weighted by molar-refractivity contribution is 0.0946. The van der Waals surface area contributed by atoms with Crippen molar-refractivity contribution in [2.75, 3.05) is 57.3 Å². The molecule has 3 heterocycles. The van der Waals surface area contributed by atoms with Crippen LogP contribution < -0.4 is 15.0 Å². The van der Waals surface area contributed by atoms with E-state index in [4.69, 9.17) is 16.3 Å². The van der Waals surface area contributed by atoms with Crippen molar-refractivity contribution < 1.29 is 13.9 Å². The van der Waals surface area contributed by atoms with Crippen molar-refractivity contribution in [2.45, 2.75) is 25.4 Å². The number of ether oxygens (including phenoxy) is 1. The SMILES string of the molecule is O=C(NCCOc1ccccc1)c1cnc(N2CCN(C3CCN(Cc4ccc(F)cc4)CC3)CC2)c(Cl)c1. The number of carbonyl (C=O) groups excluding carboxylic acids is 1. The van der Waals surface area contributed by atoms with Gasteiger partial charge in [0.2, 0.25) is 0 Å². The third kappa shape index (κ3) is 7.47. The molecule has 2 saturated heterocycles. The molecule has 0 spiro atoms. The minimum atomic E-state index is -0.219. The van der Waals surface area contributed by atoms with Gasteiger partial charge in [-0.15, -0.1) is 0 Å². The second-order valence-electron chi connectivity index (χ2n) is 10.1. The third-order valence-electron chi connectivity index (χ3n) is 7.49. The first kappa shape index (κ1) is 27.4. The van der Waals surface area contributed by atoms with Gasteiger partial charge in [-0.1, -0.05) is 41.9 Å². The summed E-state index contributed by atoms with van der Waals surface area (Å²) in [6.45, 7) is 7.38. The molecule has 0 bridgehead atoms. The highest BCUT2D eigenvalue weighted by molar-refractivity contribution is 6.33. The summed E-state index contributed by atoms with van der Waals surface area (Å²) in [7, 11) is 0. The van der Waals surface area contributed by atoms with Gasteiger partial charge < -0.3 is 15.0 Å². The van der Waals surface area contributed by atoms with Crippen LogP contribution in [0, 0.1) is 5.82 Å². The molecule has 2 fully saturated rings. The number of pyridine rings is 1. The Hall–Kier alpha value is -3.20. The second kappa shape index (κ2) is 13.2. The summed E-state index contributed by atoms with van der Waals surface area (Å²) in [6.07, 6.45) is 3.87. The zero-order valence-corrected chi connectivity index (χ0v) is 22.8. The number of nitrogens with zero attached hydrogens (tertiary/aromatic N) is 4. The molecule has 0 saturated carbocycles. The summed E-state index contributed by atoms with van der Waals surface area (Å²) < 4.78 is 18.8. The van der Waals surface area contributed by atoms with Crippen LogP contribution in [-0.2, 0) is 6.54 Å². The van der Waals surface area contributed by atoms with E-state index in [0.717, 1.165) is 75.8 Å². The van der Waals surface area contributed by atoms with Crippen LogP contribution >= 0.6 is 11.6 Å². The van der Waals surface area contributed by atoms with Crippen LogP contribution in [-0.4, -0.2) is 79.2 Å². The topological polar surface area (TPSA) is 60.9 Å². The average Bonchev–Trinajstić information content (AvgIpc) is 2.97. The van der Waals surface area contributed by atoms with Crippen LogP contribution in [0.1, 0.15) is 28.8 Å². The number of piperidine rings is 1. The number of halogens is 2. The molecule has 9 heteroatoms. The van der Waals surface area contributed by atoms with E-state index >= 15 is 0 Å². The minimum absolute atomic E-state index is 0.185. The number of para-hydroxylation sites is 1. The molecule has 7 nitrogen and oxygen atoms in total. The van der Waals surface area contributed by atoms with Crippen molar-refractivity contribution in [1.29, 1.82) is 0 Å². The van der Waals surface area contributed by atoms with Gasteiger partial charge in [0, 0.05) is 45.0 Å². The van der Waals surface area contributed by atoms with E-state index in [-0.39, 0.29) is 11.7 Å². The number of benzene rings is 2. The molecule has 1 N–H and O–H groups in total. The number of hydrogen-bond acceptors (Lipinski definition) is 6. The van der Waals surface area contributed by atoms with Crippen molar-refractivity contribution >= 4 is 23.3 Å². The van der Waals surface area contributed by atoms with E-state index in [9.17, 15) is 9.18 Å². The Kier molecular flexibility index (Phi) is 9.29. The fraction of sp³-hybridized carbons (Fsp3) is 0.400. The van der Waals surface area contributed by atoms with Gasteiger partial charge in [0.15, 0.2) is 0 Å². The number of hydrogen-bond donors (Lipinski definition) is 1. The van der Waals surface area contributed by atoms with E-state index in [0.29, 0.717) is 29.8 Å². The van der Waals surface area contributed by atoms with E-state index in [1.54, 1.807) is 12.3 Å². The minimum Gasteiger partial charge on any atom is -0.492 e. The van der Waals surface area contributed by atoms with Crippen LogP contribution in [0.15, 0.2) is 66.9 Å². The molecular weight excluding hydrogens is 517 g/mol. The number of piperazine rings is 1. The lowest BCUT2D eigenvalue weighted by Gasteiger charge is -2.43. The average molecular weight is 552 g/mol. The summed E-state index contributed by atoms with van der Waals surface area (Å²) in [4.78, 5) is 24.3. The first-order valence-electron chi connectivity index (χ1n) is 13.6. The predicted octanol–water partition coefficient (Wildman–Crippen LogP) is 4.47. The number of likely N-dealkylation sites (tertiary alicyclic amines) is 1. The van der Waals surface area contributed by atoms with Crippen LogP contribution in [0.5, 0.6) is 5.75 Å². The molecule has 2 aliphatic heterocycles. The number of anilines is 1. The van der Waals surface area contributed by atoms with Gasteiger partial charge in [-0.2, -0.15) is 0 Å². The summed E-state index contributed by atoms with van der Waals surface area (Å²) in [5, 5.41) is 3.35. The number of nitrogens with one attached hydrogen (secondary N) is 1. The van der Waals surface area contributed by atoms with Crippen molar-refractivity contribution in [1.82, 2.24) is 20.1 Å². The van der Waals surface area contributed by atoms with Crippen molar-refractivity contribution in [2.24, 2.45) is 0 Å². The summed E-state index contributed by atoms with van der Waals surface area (Å²) >= 11 is 6.58. The van der Waals surface area contributed by atoms with Crippen LogP contribution in [0.4, 0.5) is 10.2 Å². The van der Waals surface area contributed by atoms with E-state index in [2.05, 4.69) is 25.0 Å². The van der Waals surface area contributed by atoms with E-state index < -0.39 is 0 Å². The lowest BCUT2D eigenvalue weighted by Crippen LogP contribution is -2.53. The fourth-order valence-electron chi connectivity index (χ4n) is 5.33. The Morgan fingerprint density at radius 3 is 2.41 bits per heavy atom. The Morgan fingerprint density at radius 1 is 1.00 bits per heavy atom. The van der Waals surface area contributed by atoms with Crippen LogP contribution in [0.25, 0.3) is 0 Å². The Labute approximate surface area is 234 Å². The molecule has 2 aromatic carbocycles. The summed E-state index contributed by atoms with van der Waals surface area (Å²) in [5.74, 6) is 1.10. The second-order valence-corrected chi connectivity index (χ2v) is 10.5. The Balaban J connectivity index is 1.04. The highest BCUT2D eigenvalue weighted by atomic mass is 35.5. The van der Waals surface area contributed by atoms with Crippen LogP contribution in [0.3, 0.4) is 0 Å². The molecule has 1 amide bonds. The Bertz CT molecular complexity index is 1210. The summed E-state index contributed by atoms with van der Waals surface area (Å²) in [6, 6.07) is 18.6. The zero-order chi connectivity index (χ0) is 27.0. The maximum absolute atomic E-state index is 13.2. The quantitative estimate of drug-likeness (QED) is 0.396. The highest BCUT2D eigenvalue weighted by Crippen LogP contribution is 2.27. The van der Waals surface area contributed by atoms with Gasteiger partial charge >= 0.3 is 0 Å². The van der Waals surface area contributed by atoms with Gasteiger partial charge in [-0.25, -0.2) is 9.37 Å². The molecule has 2 aliphatic rings. The van der Waals surface area contributed by atoms with E-state index in [1.807, 2.05) is 42.5 Å². The number of rotatable bonds is 9. The standard InChI is InChI=1S/C30H35ClFN5O2/c31-28-20-24(30(38)33-12-19-39-27-4-2-1-3-5-27)21-34-29(28)37-17-15-36(16-18-37)26-10-13-35(14-11-26)22-23-6-8-25(32)9-7-23/h1-9,20-21,26H,10-19,22H2,(H,33,38). The molecule has 0 radical (unpaired) electrons. The molecule has 3 aromatic rings. The summed E-state index contributed by atoms with van der Waals surface area (Å²) in [5.41, 5.74) is 1.60. The molecule has 5 rings (SSSR count). The van der Waals surface area contributed by atoms with Crippen LogP contribution in [0.2, 0.25) is 5.02 Å². The van der Waals surface area contributed by atoms with Gasteiger partial charge in [0.1, 0.15) is 24.0 Å². The van der Waals surface area contributed by atoms with Gasteiger partial charge in [0.05, 0.1) is 17.1 Å². The number of amides is 1. The largest absolute Gasteiger partial charge is 0.492 e. The number of aromatic nitrogens is 1. The fourth-order valence-corrected chi connectivity index (χ4v) is 5.62. The Morgan fingerprint density at radius 2 is 1.72 bits per heavy atom. The lowest BCUT2D eigenvalue weighted by atomic mass is 10.0. The van der Waals surface area contributed by atoms with Crippen molar-refractivity contribution in [3.05, 3.63) is 88.8 Å². The molecule has 0 unspecified atom stereocenters. The maximum Gasteiger partial charge on any atom is 0.253 e. The van der Waals surface area contributed by atoms with Crippen molar-refractivity contribution in [3.63, 3.8) is 0 Å². The number of carbonyl (C=O) groups is 1. The molecular formula is C30H35ClFN5O2. The van der Waals surface area contributed by atoms with E-state index in [1.165, 1.54) is 12.1 Å².